The molecule has 0 bridgehead atoms. The van der Waals surface area contributed by atoms with Crippen LogP contribution < -0.4 is 0 Å². The maximum absolute atomic E-state index is 13.7. The Morgan fingerprint density at radius 1 is 1.32 bits per heavy atom. The van der Waals surface area contributed by atoms with Crippen molar-refractivity contribution in [2.75, 3.05) is 6.54 Å². The minimum Gasteiger partial charge on any atom is -0.481 e. The maximum atomic E-state index is 13.7. The molecule has 0 saturated heterocycles. The lowest BCUT2D eigenvalue weighted by molar-refractivity contribution is -0.138. The van der Waals surface area contributed by atoms with Crippen molar-refractivity contribution in [1.29, 1.82) is 0 Å². The number of benzene rings is 1. The van der Waals surface area contributed by atoms with Gasteiger partial charge in [-0.1, -0.05) is 13.0 Å². The van der Waals surface area contributed by atoms with Crippen molar-refractivity contribution >= 4 is 5.97 Å². The van der Waals surface area contributed by atoms with E-state index in [0.717, 1.165) is 0 Å². The topological polar surface area (TPSA) is 40.5 Å². The molecule has 0 saturated carbocycles. The lowest BCUT2D eigenvalue weighted by Crippen LogP contribution is -2.37. The molecule has 1 aromatic carbocycles. The molecule has 0 spiro atoms. The first-order valence-corrected chi connectivity index (χ1v) is 6.29. The van der Waals surface area contributed by atoms with Crippen LogP contribution in [0.15, 0.2) is 18.2 Å². The van der Waals surface area contributed by atoms with Gasteiger partial charge in [-0.2, -0.15) is 0 Å². The fraction of sp³-hybridized carbons (Fsp3) is 0.500. The van der Waals surface area contributed by atoms with E-state index in [1.807, 2.05) is 6.92 Å². The molecule has 2 atom stereocenters. The molecule has 5 heteroatoms. The Balaban J connectivity index is 3.01. The summed E-state index contributed by atoms with van der Waals surface area (Å²) in [7, 11) is 0. The smallest absolute Gasteiger partial charge is 0.304 e. The quantitative estimate of drug-likeness (QED) is 0.863. The Bertz CT molecular complexity index is 431. The molecular formula is C14H19F2NO2. The first kappa shape index (κ1) is 15.6. The number of halogens is 2. The van der Waals surface area contributed by atoms with Crippen LogP contribution in [0.5, 0.6) is 0 Å². The maximum Gasteiger partial charge on any atom is 0.304 e. The van der Waals surface area contributed by atoms with Gasteiger partial charge in [-0.05, 0) is 32.5 Å². The number of carboxylic acids is 1. The van der Waals surface area contributed by atoms with Crippen LogP contribution >= 0.6 is 0 Å². The zero-order valence-corrected chi connectivity index (χ0v) is 11.4. The summed E-state index contributed by atoms with van der Waals surface area (Å²) in [4.78, 5) is 12.5. The zero-order chi connectivity index (χ0) is 14.6. The Morgan fingerprint density at radius 3 is 2.26 bits per heavy atom. The molecule has 3 nitrogen and oxygen atoms in total. The van der Waals surface area contributed by atoms with Crippen LogP contribution in [-0.4, -0.2) is 28.6 Å². The van der Waals surface area contributed by atoms with Gasteiger partial charge in [-0.25, -0.2) is 8.78 Å². The van der Waals surface area contributed by atoms with Crippen LogP contribution in [0.25, 0.3) is 0 Å². The van der Waals surface area contributed by atoms with Crippen LogP contribution in [0, 0.1) is 11.6 Å². The molecule has 0 amide bonds. The van der Waals surface area contributed by atoms with Crippen molar-refractivity contribution in [3.63, 3.8) is 0 Å². The van der Waals surface area contributed by atoms with E-state index in [4.69, 9.17) is 5.11 Å². The van der Waals surface area contributed by atoms with Crippen molar-refractivity contribution in [2.45, 2.75) is 39.3 Å². The number of hydrogen-bond acceptors (Lipinski definition) is 2. The summed E-state index contributed by atoms with van der Waals surface area (Å²) in [6, 6.07) is 2.93. The second-order valence-corrected chi connectivity index (χ2v) is 4.59. The molecule has 0 heterocycles. The van der Waals surface area contributed by atoms with Gasteiger partial charge in [0.25, 0.3) is 0 Å². The summed E-state index contributed by atoms with van der Waals surface area (Å²) >= 11 is 0. The Kier molecular flexibility index (Phi) is 5.42. The average molecular weight is 271 g/mol. The average Bonchev–Trinajstić information content (AvgIpc) is 2.28. The van der Waals surface area contributed by atoms with E-state index in [1.54, 1.807) is 18.7 Å². The lowest BCUT2D eigenvalue weighted by Gasteiger charge is -2.33. The van der Waals surface area contributed by atoms with Crippen molar-refractivity contribution < 1.29 is 18.7 Å². The summed E-state index contributed by atoms with van der Waals surface area (Å²) in [5.74, 6) is -2.13. The molecule has 2 unspecified atom stereocenters. The molecule has 0 aromatic heterocycles. The van der Waals surface area contributed by atoms with Gasteiger partial charge in [-0.15, -0.1) is 0 Å². The Labute approximate surface area is 111 Å². The SMILES string of the molecule is CCN(C(C)CC(=O)O)C(C)c1c(F)cccc1F. The Morgan fingerprint density at radius 2 is 1.84 bits per heavy atom. The van der Waals surface area contributed by atoms with Crippen LogP contribution in [0.2, 0.25) is 0 Å². The minimum atomic E-state index is -0.924. The van der Waals surface area contributed by atoms with Gasteiger partial charge < -0.3 is 5.11 Å². The summed E-state index contributed by atoms with van der Waals surface area (Å²) in [5.41, 5.74) is -0.0124. The van der Waals surface area contributed by atoms with Crippen molar-refractivity contribution in [3.05, 3.63) is 35.4 Å². The zero-order valence-electron chi connectivity index (χ0n) is 11.4. The standard InChI is InChI=1S/C14H19F2NO2/c1-4-17(9(2)8-13(18)19)10(3)14-11(15)6-5-7-12(14)16/h5-7,9-10H,4,8H2,1-3H3,(H,18,19). The van der Waals surface area contributed by atoms with Gasteiger partial charge in [-0.3, -0.25) is 9.69 Å². The van der Waals surface area contributed by atoms with E-state index in [0.29, 0.717) is 6.54 Å². The summed E-state index contributed by atoms with van der Waals surface area (Å²) in [5, 5.41) is 8.82. The van der Waals surface area contributed by atoms with Crippen LogP contribution in [0.3, 0.4) is 0 Å². The minimum absolute atomic E-state index is 0.0124. The van der Waals surface area contributed by atoms with Crippen LogP contribution in [-0.2, 0) is 4.79 Å². The molecular weight excluding hydrogens is 252 g/mol. The lowest BCUT2D eigenvalue weighted by atomic mass is 10.0. The third kappa shape index (κ3) is 3.73. The second-order valence-electron chi connectivity index (χ2n) is 4.59. The number of hydrogen-bond donors (Lipinski definition) is 1. The van der Waals surface area contributed by atoms with Gasteiger partial charge in [0.15, 0.2) is 0 Å². The molecule has 0 aliphatic rings. The third-order valence-corrected chi connectivity index (χ3v) is 3.32. The van der Waals surface area contributed by atoms with Crippen LogP contribution in [0.4, 0.5) is 8.78 Å². The van der Waals surface area contributed by atoms with E-state index in [1.165, 1.54) is 18.2 Å². The first-order valence-electron chi connectivity index (χ1n) is 6.29. The fourth-order valence-electron chi connectivity index (χ4n) is 2.41. The molecule has 0 radical (unpaired) electrons. The summed E-state index contributed by atoms with van der Waals surface area (Å²) in [6.45, 7) is 5.78. The van der Waals surface area contributed by atoms with E-state index >= 15 is 0 Å². The van der Waals surface area contributed by atoms with E-state index in [-0.39, 0.29) is 18.0 Å². The summed E-state index contributed by atoms with van der Waals surface area (Å²) in [6.07, 6.45) is -0.0613. The highest BCUT2D eigenvalue weighted by atomic mass is 19.1. The van der Waals surface area contributed by atoms with Gasteiger partial charge in [0.2, 0.25) is 0 Å². The predicted molar refractivity (Wildman–Crippen MR) is 68.9 cm³/mol. The van der Waals surface area contributed by atoms with E-state index in [9.17, 15) is 13.6 Å². The molecule has 0 aliphatic heterocycles. The van der Waals surface area contributed by atoms with Crippen molar-refractivity contribution in [2.24, 2.45) is 0 Å². The largest absolute Gasteiger partial charge is 0.481 e. The number of aliphatic carboxylic acids is 1. The van der Waals surface area contributed by atoms with Crippen molar-refractivity contribution in [1.82, 2.24) is 4.90 Å². The number of nitrogens with zero attached hydrogens (tertiary/aromatic N) is 1. The molecule has 0 aliphatic carbocycles. The number of carboxylic acid groups (broad SMARTS) is 1. The van der Waals surface area contributed by atoms with E-state index < -0.39 is 23.6 Å². The highest BCUT2D eigenvalue weighted by Gasteiger charge is 2.25. The van der Waals surface area contributed by atoms with E-state index in [2.05, 4.69) is 0 Å². The Hall–Kier alpha value is -1.49. The molecule has 0 fully saturated rings. The highest BCUT2D eigenvalue weighted by molar-refractivity contribution is 5.67. The first-order chi connectivity index (χ1) is 8.88. The molecule has 1 N–H and O–H groups in total. The van der Waals surface area contributed by atoms with Gasteiger partial charge in [0, 0.05) is 17.6 Å². The molecule has 1 rings (SSSR count). The van der Waals surface area contributed by atoms with Gasteiger partial charge in [0.1, 0.15) is 11.6 Å². The van der Waals surface area contributed by atoms with Gasteiger partial charge >= 0.3 is 5.97 Å². The monoisotopic (exact) mass is 271 g/mol. The number of rotatable bonds is 6. The van der Waals surface area contributed by atoms with Crippen molar-refractivity contribution in [3.8, 4) is 0 Å². The highest BCUT2D eigenvalue weighted by Crippen LogP contribution is 2.27. The molecule has 106 valence electrons. The van der Waals surface area contributed by atoms with Crippen LogP contribution in [0.1, 0.15) is 38.8 Å². The summed E-state index contributed by atoms with van der Waals surface area (Å²) < 4.78 is 27.5. The third-order valence-electron chi connectivity index (χ3n) is 3.32. The van der Waals surface area contributed by atoms with Gasteiger partial charge in [0.05, 0.1) is 6.42 Å². The fourth-order valence-corrected chi connectivity index (χ4v) is 2.41. The number of carbonyl (C=O) groups is 1. The second kappa shape index (κ2) is 6.61. The normalized spacial score (nSPS) is 14.4. The predicted octanol–water partition coefficient (Wildman–Crippen LogP) is 3.21. The molecule has 19 heavy (non-hydrogen) atoms. The molecule has 1 aromatic rings.